The normalized spacial score (nSPS) is 11.1. The number of likely N-dealkylation sites (N-methyl/N-ethyl adjacent to an activating group) is 1. The molecule has 0 fully saturated rings. The second-order valence-corrected chi connectivity index (χ2v) is 7.54. The fraction of sp³-hybridized carbons (Fsp3) is 0.350. The zero-order valence-corrected chi connectivity index (χ0v) is 16.8. The predicted molar refractivity (Wildman–Crippen MR) is 110 cm³/mol. The van der Waals surface area contributed by atoms with Gasteiger partial charge in [0.2, 0.25) is 0 Å². The number of nitrogens with one attached hydrogen (secondary N) is 2. The third-order valence-electron chi connectivity index (χ3n) is 4.37. The highest BCUT2D eigenvalue weighted by Gasteiger charge is 2.15. The molecule has 27 heavy (non-hydrogen) atoms. The summed E-state index contributed by atoms with van der Waals surface area (Å²) in [7, 11) is 5.68. The molecule has 0 radical (unpaired) electrons. The Kier molecular flexibility index (Phi) is 6.36. The Bertz CT molecular complexity index is 873. The molecule has 0 bridgehead atoms. The van der Waals surface area contributed by atoms with Crippen LogP contribution < -0.4 is 10.1 Å². The van der Waals surface area contributed by atoms with Gasteiger partial charge in [-0.05, 0) is 60.8 Å². The lowest BCUT2D eigenvalue weighted by molar-refractivity contribution is 0.188. The topological polar surface area (TPSA) is 60.6 Å². The van der Waals surface area contributed by atoms with Crippen LogP contribution in [0.2, 0.25) is 0 Å². The molecule has 0 aliphatic carbocycles. The molecule has 7 heteroatoms. The molecule has 0 atom stereocenters. The molecule has 6 nitrogen and oxygen atoms in total. The summed E-state index contributed by atoms with van der Waals surface area (Å²) >= 11 is 1.65. The Hall–Kier alpha value is -2.51. The Labute approximate surface area is 163 Å². The molecule has 0 saturated heterocycles. The van der Waals surface area contributed by atoms with E-state index in [-0.39, 0.29) is 6.03 Å². The largest absolute Gasteiger partial charge is 0.497 e. The van der Waals surface area contributed by atoms with E-state index >= 15 is 0 Å². The lowest BCUT2D eigenvalue weighted by Gasteiger charge is -2.24. The van der Waals surface area contributed by atoms with E-state index in [0.717, 1.165) is 34.5 Å². The maximum atomic E-state index is 12.7. The number of fused-ring (bicyclic) bond motifs is 1. The summed E-state index contributed by atoms with van der Waals surface area (Å²) in [6.45, 7) is 2.58. The van der Waals surface area contributed by atoms with Crippen molar-refractivity contribution in [3.05, 3.63) is 52.3 Å². The Morgan fingerprint density at radius 2 is 2.07 bits per heavy atom. The van der Waals surface area contributed by atoms with Crippen molar-refractivity contribution >= 4 is 28.3 Å². The van der Waals surface area contributed by atoms with Crippen molar-refractivity contribution in [2.75, 3.05) is 34.3 Å². The molecule has 3 aromatic rings. The Morgan fingerprint density at radius 1 is 1.22 bits per heavy atom. The fourth-order valence-corrected chi connectivity index (χ4v) is 3.51. The molecule has 0 unspecified atom stereocenters. The second-order valence-electron chi connectivity index (χ2n) is 6.76. The van der Waals surface area contributed by atoms with E-state index in [4.69, 9.17) is 4.74 Å². The molecule has 1 aromatic carbocycles. The molecular formula is C20H26N4O2S. The van der Waals surface area contributed by atoms with E-state index in [1.165, 1.54) is 0 Å². The van der Waals surface area contributed by atoms with E-state index in [1.807, 2.05) is 48.6 Å². The lowest BCUT2D eigenvalue weighted by atomic mass is 10.2. The van der Waals surface area contributed by atoms with E-state index in [1.54, 1.807) is 18.4 Å². The maximum Gasteiger partial charge on any atom is 0.318 e. The average Bonchev–Trinajstić information content (AvgIpc) is 3.31. The molecule has 0 aliphatic heterocycles. The SMILES string of the molecule is COc1ccc2[nH]c(CNC(=O)N(CCN(C)C)Cc3ccsc3)cc2c1. The second kappa shape index (κ2) is 8.92. The number of benzene rings is 1. The highest BCUT2D eigenvalue weighted by atomic mass is 32.1. The van der Waals surface area contributed by atoms with Crippen LogP contribution in [0.5, 0.6) is 5.75 Å². The quantitative estimate of drug-likeness (QED) is 0.623. The molecule has 0 aliphatic rings. The van der Waals surface area contributed by atoms with Gasteiger partial charge in [0.1, 0.15) is 5.75 Å². The van der Waals surface area contributed by atoms with Crippen LogP contribution in [0.1, 0.15) is 11.3 Å². The summed E-state index contributed by atoms with van der Waals surface area (Å²) < 4.78 is 5.26. The van der Waals surface area contributed by atoms with Gasteiger partial charge in [-0.2, -0.15) is 11.3 Å². The van der Waals surface area contributed by atoms with Gasteiger partial charge in [-0.1, -0.05) is 0 Å². The van der Waals surface area contributed by atoms with Crippen LogP contribution in [0.4, 0.5) is 4.79 Å². The number of carbonyl (C=O) groups is 1. The van der Waals surface area contributed by atoms with Gasteiger partial charge < -0.3 is 24.8 Å². The first kappa shape index (κ1) is 19.3. The van der Waals surface area contributed by atoms with Gasteiger partial charge in [-0.15, -0.1) is 0 Å². The summed E-state index contributed by atoms with van der Waals surface area (Å²) in [5.41, 5.74) is 3.16. The van der Waals surface area contributed by atoms with Crippen LogP contribution in [-0.4, -0.2) is 55.1 Å². The number of carbonyl (C=O) groups excluding carboxylic acids is 1. The van der Waals surface area contributed by atoms with Gasteiger partial charge in [-0.3, -0.25) is 0 Å². The predicted octanol–water partition coefficient (Wildman–Crippen LogP) is 3.51. The van der Waals surface area contributed by atoms with Gasteiger partial charge in [0, 0.05) is 36.2 Å². The number of hydrogen-bond donors (Lipinski definition) is 2. The minimum absolute atomic E-state index is 0.0562. The third kappa shape index (κ3) is 5.24. The van der Waals surface area contributed by atoms with Crippen LogP contribution in [0.15, 0.2) is 41.1 Å². The number of H-pyrrole nitrogens is 1. The van der Waals surface area contributed by atoms with Gasteiger partial charge in [0.05, 0.1) is 13.7 Å². The zero-order valence-electron chi connectivity index (χ0n) is 16.0. The fourth-order valence-electron chi connectivity index (χ4n) is 2.85. The van der Waals surface area contributed by atoms with Crippen LogP contribution in [-0.2, 0) is 13.1 Å². The molecule has 2 amide bonds. The van der Waals surface area contributed by atoms with Crippen LogP contribution in [0.25, 0.3) is 10.9 Å². The van der Waals surface area contributed by atoms with E-state index < -0.39 is 0 Å². The summed E-state index contributed by atoms with van der Waals surface area (Å²) in [5, 5.41) is 8.23. The number of nitrogens with zero attached hydrogens (tertiary/aromatic N) is 2. The zero-order chi connectivity index (χ0) is 19.2. The molecule has 2 N–H and O–H groups in total. The molecule has 2 aromatic heterocycles. The number of urea groups is 1. The summed E-state index contributed by atoms with van der Waals surface area (Å²) in [4.78, 5) is 20.0. The lowest BCUT2D eigenvalue weighted by Crippen LogP contribution is -2.42. The van der Waals surface area contributed by atoms with E-state index in [0.29, 0.717) is 19.6 Å². The van der Waals surface area contributed by atoms with Crippen molar-refractivity contribution in [2.24, 2.45) is 0 Å². The number of ether oxygens (including phenoxy) is 1. The van der Waals surface area contributed by atoms with E-state index in [2.05, 4.69) is 26.6 Å². The molecule has 2 heterocycles. The van der Waals surface area contributed by atoms with Crippen molar-refractivity contribution in [1.29, 1.82) is 0 Å². The monoisotopic (exact) mass is 386 g/mol. The van der Waals surface area contributed by atoms with Gasteiger partial charge in [0.15, 0.2) is 0 Å². The molecular weight excluding hydrogens is 360 g/mol. The third-order valence-corrected chi connectivity index (χ3v) is 5.10. The number of aromatic nitrogens is 1. The number of hydrogen-bond acceptors (Lipinski definition) is 4. The highest BCUT2D eigenvalue weighted by Crippen LogP contribution is 2.21. The number of thiophene rings is 1. The van der Waals surface area contributed by atoms with Crippen molar-refractivity contribution in [3.63, 3.8) is 0 Å². The van der Waals surface area contributed by atoms with Crippen molar-refractivity contribution < 1.29 is 9.53 Å². The van der Waals surface area contributed by atoms with Crippen LogP contribution in [0, 0.1) is 0 Å². The van der Waals surface area contributed by atoms with Gasteiger partial charge in [-0.25, -0.2) is 4.79 Å². The molecule has 0 saturated carbocycles. The van der Waals surface area contributed by atoms with E-state index in [9.17, 15) is 4.79 Å². The summed E-state index contributed by atoms with van der Waals surface area (Å²) in [6.07, 6.45) is 0. The van der Waals surface area contributed by atoms with Crippen LogP contribution in [0.3, 0.4) is 0 Å². The van der Waals surface area contributed by atoms with Crippen molar-refractivity contribution in [2.45, 2.75) is 13.1 Å². The first-order chi connectivity index (χ1) is 13.0. The first-order valence-electron chi connectivity index (χ1n) is 8.89. The van der Waals surface area contributed by atoms with Crippen molar-refractivity contribution in [3.8, 4) is 5.75 Å². The Morgan fingerprint density at radius 3 is 2.78 bits per heavy atom. The maximum absolute atomic E-state index is 12.7. The molecule has 144 valence electrons. The molecule has 3 rings (SSSR count). The number of rotatable bonds is 8. The molecule has 0 spiro atoms. The van der Waals surface area contributed by atoms with Crippen molar-refractivity contribution in [1.82, 2.24) is 20.1 Å². The summed E-state index contributed by atoms with van der Waals surface area (Å²) in [6, 6.07) is 9.94. The standard InChI is InChI=1S/C20H26N4O2S/c1-23(2)7-8-24(13-15-6-9-27-14-15)20(25)21-12-17-10-16-11-18(26-3)4-5-19(16)22-17/h4-6,9-11,14,22H,7-8,12-13H2,1-3H3,(H,21,25). The van der Waals surface area contributed by atoms with Gasteiger partial charge in [0.25, 0.3) is 0 Å². The smallest absolute Gasteiger partial charge is 0.318 e. The number of aromatic amines is 1. The Balaban J connectivity index is 1.63. The minimum Gasteiger partial charge on any atom is -0.497 e. The number of methoxy groups -OCH3 is 1. The minimum atomic E-state index is -0.0562. The number of amides is 2. The summed E-state index contributed by atoms with van der Waals surface area (Å²) in [5.74, 6) is 0.822. The van der Waals surface area contributed by atoms with Crippen LogP contribution >= 0.6 is 11.3 Å². The van der Waals surface area contributed by atoms with Gasteiger partial charge >= 0.3 is 6.03 Å². The highest BCUT2D eigenvalue weighted by molar-refractivity contribution is 7.07. The average molecular weight is 387 g/mol. The first-order valence-corrected chi connectivity index (χ1v) is 9.83.